The van der Waals surface area contributed by atoms with Crippen molar-refractivity contribution < 1.29 is 9.59 Å². The van der Waals surface area contributed by atoms with Gasteiger partial charge in [0.05, 0.1) is 11.4 Å². The molecule has 0 saturated carbocycles. The second-order valence-corrected chi connectivity index (χ2v) is 3.49. The summed E-state index contributed by atoms with van der Waals surface area (Å²) in [5.41, 5.74) is 1.58. The Morgan fingerprint density at radius 2 is 1.93 bits per heavy atom. The van der Waals surface area contributed by atoms with Crippen LogP contribution in [0, 0.1) is 0 Å². The fraction of sp³-hybridized carbons (Fsp3) is 0.273. The fourth-order valence-corrected chi connectivity index (χ4v) is 1.74. The minimum Gasteiger partial charge on any atom is -0.313 e. The SMILES string of the molecule is CN1C(=O)CCN(C=O)c2ccccc21. The van der Waals surface area contributed by atoms with E-state index in [1.165, 1.54) is 0 Å². The number of hydrogen-bond acceptors (Lipinski definition) is 2. The number of hydrogen-bond donors (Lipinski definition) is 0. The van der Waals surface area contributed by atoms with Crippen molar-refractivity contribution in [2.75, 3.05) is 23.4 Å². The molecule has 2 amide bonds. The maximum atomic E-state index is 11.6. The van der Waals surface area contributed by atoms with Gasteiger partial charge in [0.1, 0.15) is 0 Å². The van der Waals surface area contributed by atoms with E-state index < -0.39 is 0 Å². The van der Waals surface area contributed by atoms with E-state index in [-0.39, 0.29) is 5.91 Å². The molecule has 0 bridgehead atoms. The van der Waals surface area contributed by atoms with E-state index in [0.29, 0.717) is 13.0 Å². The van der Waals surface area contributed by atoms with E-state index in [4.69, 9.17) is 0 Å². The van der Waals surface area contributed by atoms with Crippen LogP contribution in [-0.2, 0) is 9.59 Å². The summed E-state index contributed by atoms with van der Waals surface area (Å²) in [6, 6.07) is 7.41. The molecule has 1 aliphatic rings. The van der Waals surface area contributed by atoms with Crippen molar-refractivity contribution in [2.45, 2.75) is 6.42 Å². The van der Waals surface area contributed by atoms with Gasteiger partial charge in [0.25, 0.3) is 0 Å². The van der Waals surface area contributed by atoms with E-state index in [2.05, 4.69) is 0 Å². The minimum absolute atomic E-state index is 0.0341. The van der Waals surface area contributed by atoms with Gasteiger partial charge in [-0.3, -0.25) is 9.59 Å². The lowest BCUT2D eigenvalue weighted by molar-refractivity contribution is -0.118. The average molecular weight is 204 g/mol. The first-order chi connectivity index (χ1) is 7.24. The number of carbonyl (C=O) groups is 2. The van der Waals surface area contributed by atoms with Crippen LogP contribution in [-0.4, -0.2) is 25.9 Å². The molecule has 0 aromatic heterocycles. The van der Waals surface area contributed by atoms with Gasteiger partial charge in [0, 0.05) is 20.0 Å². The van der Waals surface area contributed by atoms with Crippen molar-refractivity contribution in [2.24, 2.45) is 0 Å². The van der Waals surface area contributed by atoms with E-state index in [9.17, 15) is 9.59 Å². The molecule has 4 heteroatoms. The number of anilines is 2. The highest BCUT2D eigenvalue weighted by Gasteiger charge is 2.22. The summed E-state index contributed by atoms with van der Waals surface area (Å²) in [7, 11) is 1.73. The summed E-state index contributed by atoms with van der Waals surface area (Å²) in [5, 5.41) is 0. The molecule has 78 valence electrons. The zero-order valence-electron chi connectivity index (χ0n) is 8.51. The third kappa shape index (κ3) is 1.58. The molecule has 15 heavy (non-hydrogen) atoms. The highest BCUT2D eigenvalue weighted by molar-refractivity contribution is 6.00. The molecule has 1 aromatic rings. The van der Waals surface area contributed by atoms with Crippen LogP contribution in [0.15, 0.2) is 24.3 Å². The van der Waals surface area contributed by atoms with Crippen LogP contribution in [0.1, 0.15) is 6.42 Å². The Balaban J connectivity index is 2.53. The predicted molar refractivity (Wildman–Crippen MR) is 57.9 cm³/mol. The van der Waals surface area contributed by atoms with Gasteiger partial charge < -0.3 is 9.80 Å². The first kappa shape index (κ1) is 9.71. The zero-order valence-corrected chi connectivity index (χ0v) is 8.51. The largest absolute Gasteiger partial charge is 0.313 e. The van der Waals surface area contributed by atoms with Crippen LogP contribution in [0.5, 0.6) is 0 Å². The van der Waals surface area contributed by atoms with Gasteiger partial charge >= 0.3 is 0 Å². The van der Waals surface area contributed by atoms with Crippen LogP contribution in [0.3, 0.4) is 0 Å². The molecule has 0 radical (unpaired) electrons. The van der Waals surface area contributed by atoms with Crippen molar-refractivity contribution in [3.05, 3.63) is 24.3 Å². The lowest BCUT2D eigenvalue weighted by Crippen LogP contribution is -2.25. The number of nitrogens with zero attached hydrogens (tertiary/aromatic N) is 2. The molecule has 0 saturated heterocycles. The lowest BCUT2D eigenvalue weighted by Gasteiger charge is -2.19. The summed E-state index contributed by atoms with van der Waals surface area (Å²) in [6.07, 6.45) is 1.13. The Morgan fingerprint density at radius 1 is 1.27 bits per heavy atom. The Kier molecular flexibility index (Phi) is 2.41. The molecule has 2 rings (SSSR count). The second kappa shape index (κ2) is 3.73. The summed E-state index contributed by atoms with van der Waals surface area (Å²) in [6.45, 7) is 0.448. The molecule has 1 aromatic carbocycles. The van der Waals surface area contributed by atoms with E-state index in [1.807, 2.05) is 24.3 Å². The maximum Gasteiger partial charge on any atom is 0.228 e. The maximum absolute atomic E-state index is 11.6. The molecular formula is C11H12N2O2. The molecule has 0 spiro atoms. The standard InChI is InChI=1S/C11H12N2O2/c1-12-9-4-2-3-5-10(9)13(8-14)7-6-11(12)15/h2-5,8H,6-7H2,1H3. The van der Waals surface area contributed by atoms with Crippen LogP contribution < -0.4 is 9.80 Å². The highest BCUT2D eigenvalue weighted by atomic mass is 16.2. The van der Waals surface area contributed by atoms with Gasteiger partial charge in [-0.15, -0.1) is 0 Å². The quantitative estimate of drug-likeness (QED) is 0.641. The Morgan fingerprint density at radius 3 is 2.60 bits per heavy atom. The average Bonchev–Trinajstić information content (AvgIpc) is 2.39. The van der Waals surface area contributed by atoms with Crippen LogP contribution in [0.25, 0.3) is 0 Å². The Hall–Kier alpha value is -1.84. The van der Waals surface area contributed by atoms with E-state index >= 15 is 0 Å². The van der Waals surface area contributed by atoms with Crippen molar-refractivity contribution in [3.63, 3.8) is 0 Å². The summed E-state index contributed by atoms with van der Waals surface area (Å²) < 4.78 is 0. The normalized spacial score (nSPS) is 15.9. The first-order valence-electron chi connectivity index (χ1n) is 4.81. The van der Waals surface area contributed by atoms with E-state index in [1.54, 1.807) is 16.8 Å². The molecule has 4 nitrogen and oxygen atoms in total. The molecular weight excluding hydrogens is 192 g/mol. The third-order valence-electron chi connectivity index (χ3n) is 2.62. The fourth-order valence-electron chi connectivity index (χ4n) is 1.74. The summed E-state index contributed by atoms with van der Waals surface area (Å²) in [4.78, 5) is 25.7. The molecule has 0 fully saturated rings. The first-order valence-corrected chi connectivity index (χ1v) is 4.81. The van der Waals surface area contributed by atoms with Crippen molar-refractivity contribution in [1.82, 2.24) is 0 Å². The topological polar surface area (TPSA) is 40.6 Å². The number of fused-ring (bicyclic) bond motifs is 1. The number of rotatable bonds is 1. The Labute approximate surface area is 88.1 Å². The van der Waals surface area contributed by atoms with Crippen LogP contribution in [0.4, 0.5) is 11.4 Å². The monoisotopic (exact) mass is 204 g/mol. The predicted octanol–water partition coefficient (Wildman–Crippen LogP) is 1.02. The molecule has 0 N–H and O–H groups in total. The van der Waals surface area contributed by atoms with Crippen LogP contribution >= 0.6 is 0 Å². The molecule has 1 heterocycles. The van der Waals surface area contributed by atoms with Crippen molar-refractivity contribution in [3.8, 4) is 0 Å². The lowest BCUT2D eigenvalue weighted by atomic mass is 10.2. The number of para-hydroxylation sites is 2. The smallest absolute Gasteiger partial charge is 0.228 e. The van der Waals surface area contributed by atoms with Gasteiger partial charge in [-0.25, -0.2) is 0 Å². The Bertz CT molecular complexity index is 388. The van der Waals surface area contributed by atoms with Crippen molar-refractivity contribution in [1.29, 1.82) is 0 Å². The minimum atomic E-state index is 0.0341. The van der Waals surface area contributed by atoms with E-state index in [0.717, 1.165) is 17.8 Å². The second-order valence-electron chi connectivity index (χ2n) is 3.49. The molecule has 0 unspecified atom stereocenters. The van der Waals surface area contributed by atoms with Gasteiger partial charge in [0.2, 0.25) is 12.3 Å². The van der Waals surface area contributed by atoms with Gasteiger partial charge in [0.15, 0.2) is 0 Å². The number of carbonyl (C=O) groups excluding carboxylic acids is 2. The molecule has 0 aliphatic carbocycles. The van der Waals surface area contributed by atoms with Gasteiger partial charge in [-0.2, -0.15) is 0 Å². The van der Waals surface area contributed by atoms with Gasteiger partial charge in [-0.1, -0.05) is 12.1 Å². The zero-order chi connectivity index (χ0) is 10.8. The van der Waals surface area contributed by atoms with Crippen LogP contribution in [0.2, 0.25) is 0 Å². The molecule has 0 atom stereocenters. The number of amides is 2. The molecule has 1 aliphatic heterocycles. The highest BCUT2D eigenvalue weighted by Crippen LogP contribution is 2.30. The summed E-state index contributed by atoms with van der Waals surface area (Å²) >= 11 is 0. The third-order valence-corrected chi connectivity index (χ3v) is 2.62. The summed E-state index contributed by atoms with van der Waals surface area (Å²) in [5.74, 6) is 0.0341. The van der Waals surface area contributed by atoms with Gasteiger partial charge in [-0.05, 0) is 12.1 Å². The number of benzene rings is 1. The van der Waals surface area contributed by atoms with Crippen molar-refractivity contribution >= 4 is 23.7 Å².